The first-order valence-corrected chi connectivity index (χ1v) is 5.67. The summed E-state index contributed by atoms with van der Waals surface area (Å²) >= 11 is 6.37. The summed E-state index contributed by atoms with van der Waals surface area (Å²) < 4.78 is 2.19. The fourth-order valence-electron chi connectivity index (χ4n) is 2.24. The minimum atomic E-state index is 0.399. The van der Waals surface area contributed by atoms with Crippen molar-refractivity contribution in [3.8, 4) is 0 Å². The van der Waals surface area contributed by atoms with Crippen molar-refractivity contribution in [2.24, 2.45) is 0 Å². The fraction of sp³-hybridized carbons (Fsp3) is 0.385. The second-order valence-electron chi connectivity index (χ2n) is 4.35. The van der Waals surface area contributed by atoms with Crippen LogP contribution in [0.4, 0.5) is 0 Å². The smallest absolute Gasteiger partial charge is 0.113 e. The van der Waals surface area contributed by atoms with Crippen molar-refractivity contribution in [1.82, 2.24) is 4.57 Å². The lowest BCUT2D eigenvalue weighted by molar-refractivity contribution is 0.622. The highest BCUT2D eigenvalue weighted by molar-refractivity contribution is 6.32. The third-order valence-corrected chi connectivity index (χ3v) is 3.39. The van der Waals surface area contributed by atoms with E-state index in [-0.39, 0.29) is 0 Å². The van der Waals surface area contributed by atoms with Crippen LogP contribution >= 0.6 is 11.6 Å². The van der Waals surface area contributed by atoms with Crippen molar-refractivity contribution >= 4 is 22.5 Å². The van der Waals surface area contributed by atoms with Crippen molar-refractivity contribution < 1.29 is 0 Å². The van der Waals surface area contributed by atoms with Gasteiger partial charge in [-0.1, -0.05) is 23.7 Å². The zero-order valence-electron chi connectivity index (χ0n) is 9.63. The van der Waals surface area contributed by atoms with Crippen molar-refractivity contribution in [3.63, 3.8) is 0 Å². The molecule has 0 aliphatic carbocycles. The molecule has 1 heterocycles. The van der Waals surface area contributed by atoms with Crippen LogP contribution in [0.15, 0.2) is 18.2 Å². The maximum Gasteiger partial charge on any atom is 0.113 e. The molecular weight excluding hydrogens is 206 g/mol. The first-order chi connectivity index (χ1) is 7.04. The zero-order chi connectivity index (χ0) is 11.2. The van der Waals surface area contributed by atoms with Gasteiger partial charge in [0.25, 0.3) is 0 Å². The van der Waals surface area contributed by atoms with E-state index in [9.17, 15) is 0 Å². The van der Waals surface area contributed by atoms with Crippen LogP contribution < -0.4 is 0 Å². The number of hydrogen-bond acceptors (Lipinski definition) is 0. The summed E-state index contributed by atoms with van der Waals surface area (Å²) in [7, 11) is 0. The largest absolute Gasteiger partial charge is 0.329 e. The lowest BCUT2D eigenvalue weighted by Gasteiger charge is -2.11. The van der Waals surface area contributed by atoms with Gasteiger partial charge in [-0.05, 0) is 44.9 Å². The normalized spacial score (nSPS) is 11.6. The molecule has 2 aromatic rings. The van der Waals surface area contributed by atoms with E-state index >= 15 is 0 Å². The topological polar surface area (TPSA) is 4.93 Å². The van der Waals surface area contributed by atoms with Crippen molar-refractivity contribution in [2.75, 3.05) is 0 Å². The molecule has 80 valence electrons. The van der Waals surface area contributed by atoms with Gasteiger partial charge >= 0.3 is 0 Å². The molecule has 15 heavy (non-hydrogen) atoms. The number of aromatic nitrogens is 1. The molecule has 2 rings (SSSR count). The van der Waals surface area contributed by atoms with Crippen LogP contribution in [0.1, 0.15) is 31.0 Å². The van der Waals surface area contributed by atoms with E-state index in [0.717, 1.165) is 5.15 Å². The highest BCUT2D eigenvalue weighted by atomic mass is 35.5. The molecule has 0 saturated carbocycles. The van der Waals surface area contributed by atoms with E-state index in [1.807, 2.05) is 0 Å². The summed E-state index contributed by atoms with van der Waals surface area (Å²) in [4.78, 5) is 0. The van der Waals surface area contributed by atoms with Crippen LogP contribution in [0.3, 0.4) is 0 Å². The maximum absolute atomic E-state index is 6.37. The second kappa shape index (κ2) is 3.57. The van der Waals surface area contributed by atoms with E-state index < -0.39 is 0 Å². The predicted molar refractivity (Wildman–Crippen MR) is 66.8 cm³/mol. The summed E-state index contributed by atoms with van der Waals surface area (Å²) in [5, 5.41) is 2.17. The first-order valence-electron chi connectivity index (χ1n) is 5.29. The van der Waals surface area contributed by atoms with E-state index in [1.165, 1.54) is 22.0 Å². The van der Waals surface area contributed by atoms with Gasteiger partial charge in [0.1, 0.15) is 5.15 Å². The van der Waals surface area contributed by atoms with Gasteiger partial charge in [-0.25, -0.2) is 0 Å². The van der Waals surface area contributed by atoms with Crippen molar-refractivity contribution in [3.05, 3.63) is 34.5 Å². The van der Waals surface area contributed by atoms with Gasteiger partial charge in [0.2, 0.25) is 0 Å². The van der Waals surface area contributed by atoms with Gasteiger partial charge in [-0.3, -0.25) is 0 Å². The molecule has 0 saturated heterocycles. The Labute approximate surface area is 95.7 Å². The molecular formula is C13H16ClN. The summed E-state index contributed by atoms with van der Waals surface area (Å²) in [6, 6.07) is 6.76. The number of aryl methyl sites for hydroxylation is 2. The van der Waals surface area contributed by atoms with Crippen LogP contribution in [0, 0.1) is 13.8 Å². The molecule has 2 heteroatoms. The van der Waals surface area contributed by atoms with Crippen LogP contribution in [0.5, 0.6) is 0 Å². The van der Waals surface area contributed by atoms with E-state index in [4.69, 9.17) is 11.6 Å². The van der Waals surface area contributed by atoms with Gasteiger partial charge < -0.3 is 4.57 Å². The van der Waals surface area contributed by atoms with Gasteiger partial charge in [0.15, 0.2) is 0 Å². The third-order valence-electron chi connectivity index (χ3n) is 2.92. The molecule has 1 nitrogen and oxygen atoms in total. The van der Waals surface area contributed by atoms with E-state index in [1.54, 1.807) is 0 Å². The fourth-order valence-corrected chi connectivity index (χ4v) is 2.62. The summed E-state index contributed by atoms with van der Waals surface area (Å²) in [5.41, 5.74) is 3.73. The van der Waals surface area contributed by atoms with Gasteiger partial charge in [0.05, 0.1) is 0 Å². The van der Waals surface area contributed by atoms with Crippen LogP contribution in [-0.4, -0.2) is 4.57 Å². The summed E-state index contributed by atoms with van der Waals surface area (Å²) in [6.07, 6.45) is 0. The van der Waals surface area contributed by atoms with Crippen molar-refractivity contribution in [2.45, 2.75) is 33.7 Å². The Bertz CT molecular complexity index is 509. The molecule has 0 aliphatic heterocycles. The highest BCUT2D eigenvalue weighted by Gasteiger charge is 2.15. The molecule has 0 amide bonds. The Morgan fingerprint density at radius 3 is 2.47 bits per heavy atom. The number of nitrogens with zero attached hydrogens (tertiary/aromatic N) is 1. The minimum Gasteiger partial charge on any atom is -0.329 e. The Hall–Kier alpha value is -0.950. The van der Waals surface area contributed by atoms with Crippen LogP contribution in [0.25, 0.3) is 10.9 Å². The predicted octanol–water partition coefficient (Wildman–Crippen LogP) is 4.49. The van der Waals surface area contributed by atoms with Crippen molar-refractivity contribution in [1.29, 1.82) is 0 Å². The zero-order valence-corrected chi connectivity index (χ0v) is 10.4. The Morgan fingerprint density at radius 1 is 1.20 bits per heavy atom. The number of halogens is 1. The lowest BCUT2D eigenvalue weighted by Crippen LogP contribution is -1.99. The summed E-state index contributed by atoms with van der Waals surface area (Å²) in [5.74, 6) is 0. The monoisotopic (exact) mass is 221 g/mol. The molecule has 0 atom stereocenters. The van der Waals surface area contributed by atoms with Crippen LogP contribution in [-0.2, 0) is 0 Å². The maximum atomic E-state index is 6.37. The summed E-state index contributed by atoms with van der Waals surface area (Å²) in [6.45, 7) is 8.55. The van der Waals surface area contributed by atoms with Gasteiger partial charge in [-0.15, -0.1) is 0 Å². The Kier molecular flexibility index (Phi) is 2.51. The molecule has 0 fully saturated rings. The standard InChI is InChI=1S/C13H16ClN/c1-8(2)15-11-7-5-6-9(3)12(11)10(4)13(15)14/h5-8H,1-4H3. The Morgan fingerprint density at radius 2 is 1.87 bits per heavy atom. The average molecular weight is 222 g/mol. The minimum absolute atomic E-state index is 0.399. The van der Waals surface area contributed by atoms with Gasteiger partial charge in [0, 0.05) is 16.9 Å². The SMILES string of the molecule is Cc1cccc2c1c(C)c(Cl)n2C(C)C. The molecule has 0 spiro atoms. The number of hydrogen-bond donors (Lipinski definition) is 0. The number of benzene rings is 1. The molecule has 0 bridgehead atoms. The van der Waals surface area contributed by atoms with E-state index in [2.05, 4.69) is 50.5 Å². The van der Waals surface area contributed by atoms with E-state index in [0.29, 0.717) is 6.04 Å². The molecule has 0 radical (unpaired) electrons. The average Bonchev–Trinajstić information content (AvgIpc) is 2.41. The third kappa shape index (κ3) is 1.46. The molecule has 1 aromatic carbocycles. The quantitative estimate of drug-likeness (QED) is 0.669. The van der Waals surface area contributed by atoms with Gasteiger partial charge in [-0.2, -0.15) is 0 Å². The first kappa shape index (κ1) is 10.6. The Balaban J connectivity index is 2.94. The molecule has 0 N–H and O–H groups in total. The molecule has 1 aromatic heterocycles. The second-order valence-corrected chi connectivity index (χ2v) is 4.71. The van der Waals surface area contributed by atoms with Crippen LogP contribution in [0.2, 0.25) is 5.15 Å². The number of fused-ring (bicyclic) bond motifs is 1. The highest BCUT2D eigenvalue weighted by Crippen LogP contribution is 2.33. The number of rotatable bonds is 1. The molecule has 0 unspecified atom stereocenters. The molecule has 0 aliphatic rings. The lowest BCUT2D eigenvalue weighted by atomic mass is 10.1.